The van der Waals surface area contributed by atoms with Crippen molar-refractivity contribution in [3.63, 3.8) is 0 Å². The van der Waals surface area contributed by atoms with E-state index in [1.165, 1.54) is 11.8 Å². The Morgan fingerprint density at radius 3 is 1.47 bits per heavy atom. The SMILES string of the molecule is CCC(C)(C)C(=O)NCCNC(=O)C1CCCCC1C(=O)O.CCC(C)(C)C(=O)NCCOC(=O)C1CCCCC1C(=O)O.CCC(C)(C)C(=O)OCC(O)N1CSC(C(=O)O)C1.CCC(C)(C)C(=O)OCCNC(=O)C12CC3CC(CC(CC(=O)O)(C3)C1)C2. The Balaban J connectivity index is 0.000000316. The van der Waals surface area contributed by atoms with Crippen molar-refractivity contribution in [3.8, 4) is 0 Å². The highest BCUT2D eigenvalue weighted by atomic mass is 32.2. The van der Waals surface area contributed by atoms with Crippen LogP contribution in [0.15, 0.2) is 0 Å². The number of nitrogens with one attached hydrogen (secondary N) is 4. The molecule has 4 bridgehead atoms. The van der Waals surface area contributed by atoms with E-state index in [9.17, 15) is 68.1 Å². The van der Waals surface area contributed by atoms with Crippen molar-refractivity contribution in [3.05, 3.63) is 0 Å². The quantitative estimate of drug-likeness (QED) is 0.0209. The fourth-order valence-electron chi connectivity index (χ4n) is 12.7. The lowest BCUT2D eigenvalue weighted by Gasteiger charge is -2.61. The van der Waals surface area contributed by atoms with Crippen LogP contribution in [0.2, 0.25) is 0 Å². The van der Waals surface area contributed by atoms with Crippen LogP contribution in [-0.4, -0.2) is 166 Å². The fourth-order valence-corrected chi connectivity index (χ4v) is 13.8. The van der Waals surface area contributed by atoms with E-state index in [-0.39, 0.29) is 80.3 Å². The second-order valence-electron chi connectivity index (χ2n) is 28.3. The number of aliphatic carboxylic acids is 4. The Morgan fingerprint density at radius 2 is 0.989 bits per heavy atom. The van der Waals surface area contributed by atoms with Crippen LogP contribution in [0, 0.1) is 68.0 Å². The number of nitrogens with zero attached hydrogens (tertiary/aromatic N) is 1. The van der Waals surface area contributed by atoms with Crippen molar-refractivity contribution in [2.24, 2.45) is 68.0 Å². The molecular formula is C65H109N5O19S. The molecule has 7 fully saturated rings. The van der Waals surface area contributed by atoms with Gasteiger partial charge in [-0.05, 0) is 135 Å². The molecule has 8 atom stereocenters. The van der Waals surface area contributed by atoms with Crippen molar-refractivity contribution in [1.29, 1.82) is 0 Å². The third kappa shape index (κ3) is 23.5. The molecule has 6 saturated carbocycles. The summed E-state index contributed by atoms with van der Waals surface area (Å²) < 4.78 is 15.5. The molecule has 24 nitrogen and oxygen atoms in total. The number of esters is 3. The number of carboxylic acids is 4. The molecule has 4 amide bonds. The molecule has 0 spiro atoms. The maximum absolute atomic E-state index is 13.0. The van der Waals surface area contributed by atoms with E-state index in [2.05, 4.69) is 21.3 Å². The minimum Gasteiger partial charge on any atom is -0.481 e. The number of carboxylic acid groups (broad SMARTS) is 4. The second kappa shape index (κ2) is 35.5. The van der Waals surface area contributed by atoms with E-state index in [1.807, 2.05) is 69.2 Å². The average Bonchev–Trinajstić information content (AvgIpc) is 0.799. The zero-order valence-corrected chi connectivity index (χ0v) is 56.5. The first-order chi connectivity index (χ1) is 42.0. The summed E-state index contributed by atoms with van der Waals surface area (Å²) in [5.74, 6) is -5.68. The number of ether oxygens (including phenoxy) is 3. The monoisotopic (exact) mass is 1300 g/mol. The summed E-state index contributed by atoms with van der Waals surface area (Å²) in [4.78, 5) is 131. The predicted octanol–water partition coefficient (Wildman–Crippen LogP) is 7.41. The first-order valence-corrected chi connectivity index (χ1v) is 33.6. The maximum Gasteiger partial charge on any atom is 0.317 e. The number of hydrogen-bond donors (Lipinski definition) is 9. The van der Waals surface area contributed by atoms with Crippen LogP contribution in [0.5, 0.6) is 0 Å². The van der Waals surface area contributed by atoms with Gasteiger partial charge in [-0.15, -0.1) is 11.8 Å². The Bertz CT molecular complexity index is 2380. The standard InChI is InChI=1S/C21H33NO5.C16H28N2O4.C16H27NO5.C12H21NO5S/c1-4-19(2,3)18(26)27-6-5-22-17(25)21-10-14-7-15(11-21)9-20(8-14,13-21)12-16(23)24;1-4-16(2,3)15(22)18-10-9-17-13(19)11-7-5-6-8-12(11)14(20)21;1-4-16(2,3)15(21)17-9-10-22-14(20)12-8-6-5-7-11(12)13(18)19;1-4-12(2,3)11(17)18-6-9(14)13-5-8(10(15)16)19-7-13/h14-15H,4-13H2,1-3H3,(H,22,25)(H,23,24);11-12H,4-10H2,1-3H3,(H,17,19)(H,18,22)(H,20,21);11-12H,4-10H2,1-3H3,(H,17,21)(H,18,19);8-9,14H,4-7H2,1-3H3,(H,15,16). The molecule has 0 aromatic carbocycles. The summed E-state index contributed by atoms with van der Waals surface area (Å²) in [6.45, 7) is 24.1. The number of hydrogen-bond acceptors (Lipinski definition) is 17. The molecule has 0 aromatic rings. The molecule has 7 rings (SSSR count). The maximum atomic E-state index is 13.0. The number of amides is 4. The normalized spacial score (nSPS) is 25.7. The van der Waals surface area contributed by atoms with Crippen molar-refractivity contribution >= 4 is 77.2 Å². The smallest absolute Gasteiger partial charge is 0.317 e. The zero-order chi connectivity index (χ0) is 68.0. The van der Waals surface area contributed by atoms with Crippen LogP contribution in [-0.2, 0) is 67.0 Å². The summed E-state index contributed by atoms with van der Waals surface area (Å²) in [6.07, 6.45) is 13.3. The van der Waals surface area contributed by atoms with Gasteiger partial charge < -0.3 is 61.0 Å². The van der Waals surface area contributed by atoms with Gasteiger partial charge in [-0.25, -0.2) is 0 Å². The molecular weight excluding hydrogens is 1190 g/mol. The molecule has 0 radical (unpaired) electrons. The molecule has 6 aliphatic carbocycles. The minimum absolute atomic E-state index is 0.0252. The molecule has 1 aliphatic heterocycles. The van der Waals surface area contributed by atoms with Gasteiger partial charge >= 0.3 is 41.8 Å². The van der Waals surface area contributed by atoms with Crippen LogP contribution >= 0.6 is 11.8 Å². The van der Waals surface area contributed by atoms with E-state index in [0.717, 1.165) is 70.6 Å². The second-order valence-corrected chi connectivity index (χ2v) is 29.4. The number of carbonyl (C=O) groups excluding carboxylic acids is 7. The van der Waals surface area contributed by atoms with Crippen LogP contribution in [0.4, 0.5) is 0 Å². The number of rotatable bonds is 28. The van der Waals surface area contributed by atoms with Gasteiger partial charge in [0.2, 0.25) is 23.6 Å². The highest BCUT2D eigenvalue weighted by Crippen LogP contribution is 2.66. The molecule has 7 aliphatic rings. The van der Waals surface area contributed by atoms with Gasteiger partial charge in [0.15, 0.2) is 0 Å². The van der Waals surface area contributed by atoms with Crippen LogP contribution < -0.4 is 21.3 Å². The molecule has 1 heterocycles. The molecule has 8 unspecified atom stereocenters. The first-order valence-electron chi connectivity index (χ1n) is 32.5. The Hall–Kier alpha value is -5.56. The van der Waals surface area contributed by atoms with E-state index >= 15 is 0 Å². The van der Waals surface area contributed by atoms with Crippen LogP contribution in [0.25, 0.3) is 0 Å². The van der Waals surface area contributed by atoms with Crippen molar-refractivity contribution < 1.29 is 92.5 Å². The highest BCUT2D eigenvalue weighted by molar-refractivity contribution is 8.00. The summed E-state index contributed by atoms with van der Waals surface area (Å²) in [7, 11) is 0. The number of aliphatic hydroxyl groups excluding tert-OH is 1. The summed E-state index contributed by atoms with van der Waals surface area (Å²) in [5, 5.41) is 57.1. The van der Waals surface area contributed by atoms with Crippen molar-refractivity contribution in [2.45, 2.75) is 217 Å². The first kappa shape index (κ1) is 78.7. The fraction of sp³-hybridized carbons (Fsp3) is 0.831. The number of carbonyl (C=O) groups is 11. The molecule has 90 heavy (non-hydrogen) atoms. The predicted molar refractivity (Wildman–Crippen MR) is 336 cm³/mol. The lowest BCUT2D eigenvalue weighted by atomic mass is 9.43. The van der Waals surface area contributed by atoms with Crippen molar-refractivity contribution in [1.82, 2.24) is 26.2 Å². The minimum atomic E-state index is -0.951. The van der Waals surface area contributed by atoms with Gasteiger partial charge in [-0.3, -0.25) is 57.6 Å². The Kier molecular flexibility index (Phi) is 31.0. The molecule has 25 heteroatoms. The van der Waals surface area contributed by atoms with Crippen LogP contribution in [0.1, 0.15) is 205 Å². The third-order valence-corrected chi connectivity index (χ3v) is 21.0. The van der Waals surface area contributed by atoms with Gasteiger partial charge in [0.1, 0.15) is 31.3 Å². The third-order valence-electron chi connectivity index (χ3n) is 19.7. The molecule has 9 N–H and O–H groups in total. The van der Waals surface area contributed by atoms with Crippen LogP contribution in [0.3, 0.4) is 0 Å². The van der Waals surface area contributed by atoms with Gasteiger partial charge in [0.25, 0.3) is 0 Å². The molecule has 514 valence electrons. The largest absolute Gasteiger partial charge is 0.481 e. The Morgan fingerprint density at radius 1 is 0.544 bits per heavy atom. The number of aliphatic hydroxyl groups is 1. The number of thioether (sulfide) groups is 1. The van der Waals surface area contributed by atoms with Gasteiger partial charge in [-0.1, -0.05) is 81.1 Å². The van der Waals surface area contributed by atoms with Gasteiger partial charge in [0.05, 0.1) is 59.4 Å². The van der Waals surface area contributed by atoms with E-state index < -0.39 is 92.1 Å². The van der Waals surface area contributed by atoms with E-state index in [1.54, 1.807) is 18.7 Å². The molecule has 1 saturated heterocycles. The summed E-state index contributed by atoms with van der Waals surface area (Å²) in [5.41, 5.74) is -2.56. The zero-order valence-electron chi connectivity index (χ0n) is 55.7. The van der Waals surface area contributed by atoms with Crippen molar-refractivity contribution in [2.75, 3.05) is 58.4 Å². The van der Waals surface area contributed by atoms with E-state index in [4.69, 9.17) is 24.4 Å². The Labute approximate surface area is 536 Å². The van der Waals surface area contributed by atoms with Gasteiger partial charge in [-0.2, -0.15) is 0 Å². The highest BCUT2D eigenvalue weighted by Gasteiger charge is 2.61. The summed E-state index contributed by atoms with van der Waals surface area (Å²) >= 11 is 1.26. The summed E-state index contributed by atoms with van der Waals surface area (Å²) in [6, 6.07) is 0. The molecule has 0 aromatic heterocycles. The lowest BCUT2D eigenvalue weighted by molar-refractivity contribution is -0.165. The van der Waals surface area contributed by atoms with Gasteiger partial charge in [0, 0.05) is 36.3 Å². The average molecular weight is 1300 g/mol. The van der Waals surface area contributed by atoms with E-state index in [0.29, 0.717) is 82.3 Å². The lowest BCUT2D eigenvalue weighted by Crippen LogP contribution is -2.58. The topological polar surface area (TPSA) is 368 Å².